The molecule has 108 valence electrons. The number of carbonyl (C=O) groups excluding carboxylic acids is 1. The highest BCUT2D eigenvalue weighted by atomic mass is 35.5. The lowest BCUT2D eigenvalue weighted by molar-refractivity contribution is -0.116. The lowest BCUT2D eigenvalue weighted by atomic mass is 10.0. The Kier molecular flexibility index (Phi) is 4.83. The molecule has 0 heterocycles. The van der Waals surface area contributed by atoms with E-state index in [0.29, 0.717) is 27.0 Å². The van der Waals surface area contributed by atoms with Crippen molar-refractivity contribution in [1.82, 2.24) is 0 Å². The van der Waals surface area contributed by atoms with Gasteiger partial charge >= 0.3 is 0 Å². The van der Waals surface area contributed by atoms with Crippen LogP contribution >= 0.6 is 23.2 Å². The number of halogens is 2. The van der Waals surface area contributed by atoms with Crippen molar-refractivity contribution >= 4 is 40.5 Å². The van der Waals surface area contributed by atoms with Gasteiger partial charge in [-0.2, -0.15) is 0 Å². The van der Waals surface area contributed by atoms with Crippen LogP contribution in [-0.4, -0.2) is 18.2 Å². The fourth-order valence-corrected chi connectivity index (χ4v) is 2.13. The van der Waals surface area contributed by atoms with E-state index in [-0.39, 0.29) is 6.54 Å². The highest BCUT2D eigenvalue weighted by Crippen LogP contribution is 2.23. The van der Waals surface area contributed by atoms with Crippen molar-refractivity contribution in [2.24, 2.45) is 10.7 Å². The molecule has 2 aromatic carbocycles. The summed E-state index contributed by atoms with van der Waals surface area (Å²) < 4.78 is 0. The number of nitrogens with two attached hydrogens (primary N) is 2. The molecule has 0 spiro atoms. The predicted molar refractivity (Wildman–Crippen MR) is 87.0 cm³/mol. The largest absolute Gasteiger partial charge is 0.398 e. The number of hydrogen-bond donors (Lipinski definition) is 2. The van der Waals surface area contributed by atoms with Crippen LogP contribution < -0.4 is 11.5 Å². The molecule has 0 unspecified atom stereocenters. The molecule has 0 saturated heterocycles. The molecule has 0 bridgehead atoms. The van der Waals surface area contributed by atoms with Crippen LogP contribution in [0.1, 0.15) is 11.1 Å². The van der Waals surface area contributed by atoms with Gasteiger partial charge in [-0.05, 0) is 30.3 Å². The molecule has 0 fully saturated rings. The minimum atomic E-state index is -0.526. The molecule has 0 aliphatic carbocycles. The van der Waals surface area contributed by atoms with Crippen LogP contribution in [0.4, 0.5) is 5.69 Å². The molecule has 0 saturated carbocycles. The zero-order chi connectivity index (χ0) is 15.4. The monoisotopic (exact) mass is 321 g/mol. The fourth-order valence-electron chi connectivity index (χ4n) is 1.83. The first-order chi connectivity index (χ1) is 9.97. The third-order valence-corrected chi connectivity index (χ3v) is 3.27. The molecule has 4 nitrogen and oxygen atoms in total. The molecule has 0 atom stereocenters. The number of hydrogen-bond acceptors (Lipinski definition) is 3. The molecule has 1 amide bonds. The van der Waals surface area contributed by atoms with Crippen molar-refractivity contribution in [3.05, 3.63) is 63.6 Å². The summed E-state index contributed by atoms with van der Waals surface area (Å²) in [4.78, 5) is 15.3. The van der Waals surface area contributed by atoms with Crippen molar-refractivity contribution in [3.8, 4) is 0 Å². The number of aliphatic imine (C=N–C) groups is 1. The molecule has 6 heteroatoms. The van der Waals surface area contributed by atoms with E-state index in [2.05, 4.69) is 4.99 Å². The molecule has 21 heavy (non-hydrogen) atoms. The number of nitrogens with zero attached hydrogens (tertiary/aromatic N) is 1. The van der Waals surface area contributed by atoms with Gasteiger partial charge in [-0.3, -0.25) is 9.79 Å². The summed E-state index contributed by atoms with van der Waals surface area (Å²) >= 11 is 11.9. The van der Waals surface area contributed by atoms with E-state index in [1.807, 2.05) is 0 Å². The van der Waals surface area contributed by atoms with Crippen LogP contribution in [-0.2, 0) is 4.79 Å². The van der Waals surface area contributed by atoms with Gasteiger partial charge in [0, 0.05) is 26.9 Å². The zero-order valence-corrected chi connectivity index (χ0v) is 12.5. The van der Waals surface area contributed by atoms with Crippen LogP contribution in [0.2, 0.25) is 10.0 Å². The third kappa shape index (κ3) is 3.97. The van der Waals surface area contributed by atoms with Crippen LogP contribution in [0.5, 0.6) is 0 Å². The molecule has 2 aromatic rings. The summed E-state index contributed by atoms with van der Waals surface area (Å²) in [5.74, 6) is -0.526. The van der Waals surface area contributed by atoms with Crippen LogP contribution in [0, 0.1) is 0 Å². The van der Waals surface area contributed by atoms with Gasteiger partial charge in [0.25, 0.3) is 0 Å². The van der Waals surface area contributed by atoms with Gasteiger partial charge in [0.15, 0.2) is 0 Å². The van der Waals surface area contributed by atoms with E-state index < -0.39 is 5.91 Å². The maximum absolute atomic E-state index is 11.0. The highest BCUT2D eigenvalue weighted by Gasteiger charge is 2.11. The summed E-state index contributed by atoms with van der Waals surface area (Å²) in [5.41, 5.74) is 13.6. The van der Waals surface area contributed by atoms with Crippen molar-refractivity contribution < 1.29 is 4.79 Å². The molecule has 4 N–H and O–H groups in total. The molecule has 0 radical (unpaired) electrons. The lowest BCUT2D eigenvalue weighted by Gasteiger charge is -2.11. The summed E-state index contributed by atoms with van der Waals surface area (Å²) in [5, 5.41) is 1.13. The van der Waals surface area contributed by atoms with E-state index in [4.69, 9.17) is 34.7 Å². The summed E-state index contributed by atoms with van der Waals surface area (Å²) in [7, 11) is 0. The highest BCUT2D eigenvalue weighted by molar-refractivity contribution is 6.32. The quantitative estimate of drug-likeness (QED) is 0.670. The second-order valence-corrected chi connectivity index (χ2v) is 5.24. The van der Waals surface area contributed by atoms with E-state index >= 15 is 0 Å². The van der Waals surface area contributed by atoms with Gasteiger partial charge in [0.2, 0.25) is 5.91 Å². The average molecular weight is 322 g/mol. The first kappa shape index (κ1) is 15.4. The Morgan fingerprint density at radius 2 is 1.67 bits per heavy atom. The normalized spacial score (nSPS) is 11.4. The molecule has 2 rings (SSSR count). The predicted octanol–water partition coefficient (Wildman–Crippen LogP) is 2.90. The summed E-state index contributed by atoms with van der Waals surface area (Å²) in [6.07, 6.45) is 0. The minimum absolute atomic E-state index is 0.135. The van der Waals surface area contributed by atoms with E-state index in [1.54, 1.807) is 42.5 Å². The Balaban J connectivity index is 2.55. The Bertz CT molecular complexity index is 697. The third-order valence-electron chi connectivity index (χ3n) is 2.78. The van der Waals surface area contributed by atoms with Crippen LogP contribution in [0.15, 0.2) is 47.5 Å². The second kappa shape index (κ2) is 6.61. The number of benzene rings is 2. The van der Waals surface area contributed by atoms with Gasteiger partial charge in [-0.1, -0.05) is 35.3 Å². The van der Waals surface area contributed by atoms with Gasteiger partial charge in [-0.15, -0.1) is 0 Å². The van der Waals surface area contributed by atoms with Crippen molar-refractivity contribution in [3.63, 3.8) is 0 Å². The Morgan fingerprint density at radius 3 is 2.29 bits per heavy atom. The molecule has 0 aromatic heterocycles. The molecular formula is C15H13Cl2N3O. The van der Waals surface area contributed by atoms with Crippen molar-refractivity contribution in [2.75, 3.05) is 12.3 Å². The summed E-state index contributed by atoms with van der Waals surface area (Å²) in [6, 6.07) is 12.1. The van der Waals surface area contributed by atoms with E-state index in [0.717, 1.165) is 5.56 Å². The lowest BCUT2D eigenvalue weighted by Crippen LogP contribution is -2.17. The van der Waals surface area contributed by atoms with Gasteiger partial charge in [0.1, 0.15) is 6.54 Å². The fraction of sp³-hybridized carbons (Fsp3) is 0.0667. The van der Waals surface area contributed by atoms with Gasteiger partial charge < -0.3 is 11.5 Å². The second-order valence-electron chi connectivity index (χ2n) is 4.37. The maximum atomic E-state index is 11.0. The van der Waals surface area contributed by atoms with Gasteiger partial charge in [0.05, 0.1) is 5.71 Å². The molecule has 0 aliphatic heterocycles. The topological polar surface area (TPSA) is 81.5 Å². The Morgan fingerprint density at radius 1 is 1.05 bits per heavy atom. The summed E-state index contributed by atoms with van der Waals surface area (Å²) in [6.45, 7) is -0.135. The number of carbonyl (C=O) groups is 1. The zero-order valence-electron chi connectivity index (χ0n) is 11.0. The average Bonchev–Trinajstić information content (AvgIpc) is 2.44. The Hall–Kier alpha value is -2.04. The van der Waals surface area contributed by atoms with Crippen LogP contribution in [0.25, 0.3) is 0 Å². The smallest absolute Gasteiger partial charge is 0.239 e. The number of primary amides is 1. The van der Waals surface area contributed by atoms with Crippen molar-refractivity contribution in [2.45, 2.75) is 0 Å². The first-order valence-electron chi connectivity index (χ1n) is 6.11. The van der Waals surface area contributed by atoms with Gasteiger partial charge in [-0.25, -0.2) is 0 Å². The van der Waals surface area contributed by atoms with Crippen molar-refractivity contribution in [1.29, 1.82) is 0 Å². The number of nitrogen functional groups attached to an aromatic ring is 1. The van der Waals surface area contributed by atoms with E-state index in [9.17, 15) is 4.79 Å². The molecule has 0 aliphatic rings. The SMILES string of the molecule is NC(=O)CN=C(c1ccc(Cl)cc1)c1cc(Cl)ccc1N. The standard InChI is InChI=1S/C15H13Cl2N3O/c16-10-3-1-9(2-4-10)15(20-8-14(19)21)12-7-11(17)5-6-13(12)18/h1-7H,8,18H2,(H2,19,21). The number of amides is 1. The number of anilines is 1. The maximum Gasteiger partial charge on any atom is 0.239 e. The van der Waals surface area contributed by atoms with E-state index in [1.165, 1.54) is 0 Å². The number of rotatable bonds is 4. The minimum Gasteiger partial charge on any atom is -0.398 e. The first-order valence-corrected chi connectivity index (χ1v) is 6.87. The Labute approximate surface area is 132 Å². The van der Waals surface area contributed by atoms with Crippen LogP contribution in [0.3, 0.4) is 0 Å². The molecular weight excluding hydrogens is 309 g/mol.